The van der Waals surface area contributed by atoms with Gasteiger partial charge < -0.3 is 5.73 Å². The van der Waals surface area contributed by atoms with Crippen molar-refractivity contribution in [3.8, 4) is 0 Å². The van der Waals surface area contributed by atoms with Gasteiger partial charge in [-0.1, -0.05) is 91.0 Å². The molecule has 0 radical (unpaired) electrons. The largest absolute Gasteiger partial charge is 0.369 e. The van der Waals surface area contributed by atoms with Crippen LogP contribution in [0.4, 0.5) is 0 Å². The average molecular weight is 399 g/mol. The van der Waals surface area contributed by atoms with E-state index < -0.39 is 5.41 Å². The summed E-state index contributed by atoms with van der Waals surface area (Å²) in [7, 11) is 0. The molecule has 1 fully saturated rings. The van der Waals surface area contributed by atoms with E-state index in [2.05, 4.69) is 35.2 Å². The van der Waals surface area contributed by atoms with Crippen molar-refractivity contribution in [2.75, 3.05) is 13.1 Å². The number of hydrogen-bond donors (Lipinski definition) is 1. The van der Waals surface area contributed by atoms with Gasteiger partial charge in [0.15, 0.2) is 0 Å². The summed E-state index contributed by atoms with van der Waals surface area (Å²) in [6.07, 6.45) is 2.93. The smallest absolute Gasteiger partial charge is 0.232 e. The van der Waals surface area contributed by atoms with Crippen LogP contribution >= 0.6 is 0 Å². The third kappa shape index (κ3) is 4.31. The Hall–Kier alpha value is -2.91. The van der Waals surface area contributed by atoms with E-state index in [0.29, 0.717) is 5.92 Å². The van der Waals surface area contributed by atoms with Crippen LogP contribution in [-0.4, -0.2) is 23.9 Å². The van der Waals surface area contributed by atoms with Crippen molar-refractivity contribution in [3.05, 3.63) is 108 Å². The highest BCUT2D eigenvalue weighted by atomic mass is 16.1. The van der Waals surface area contributed by atoms with Crippen molar-refractivity contribution >= 4 is 5.91 Å². The molecule has 154 valence electrons. The van der Waals surface area contributed by atoms with Crippen molar-refractivity contribution in [2.24, 2.45) is 11.7 Å². The van der Waals surface area contributed by atoms with Gasteiger partial charge in [0.1, 0.15) is 0 Å². The lowest BCUT2D eigenvalue weighted by Gasteiger charge is -2.39. The Balaban J connectivity index is 1.54. The third-order valence-electron chi connectivity index (χ3n) is 6.50. The minimum absolute atomic E-state index is 0.258. The quantitative estimate of drug-likeness (QED) is 0.624. The summed E-state index contributed by atoms with van der Waals surface area (Å²) >= 11 is 0. The van der Waals surface area contributed by atoms with E-state index in [1.54, 1.807) is 0 Å². The number of nitrogens with zero attached hydrogens (tertiary/aromatic N) is 1. The molecule has 3 heteroatoms. The van der Waals surface area contributed by atoms with Gasteiger partial charge in [0, 0.05) is 6.54 Å². The minimum atomic E-state index is -0.783. The minimum Gasteiger partial charge on any atom is -0.369 e. The van der Waals surface area contributed by atoms with Crippen molar-refractivity contribution in [1.82, 2.24) is 4.90 Å². The number of amides is 1. The predicted octanol–water partition coefficient (Wildman–Crippen LogP) is 4.76. The Labute approximate surface area is 179 Å². The molecule has 0 spiro atoms. The number of hydrogen-bond acceptors (Lipinski definition) is 2. The molecule has 3 aromatic carbocycles. The van der Waals surface area contributed by atoms with Gasteiger partial charge in [-0.05, 0) is 55.0 Å². The third-order valence-corrected chi connectivity index (χ3v) is 6.50. The van der Waals surface area contributed by atoms with Crippen LogP contribution in [0.5, 0.6) is 0 Å². The summed E-state index contributed by atoms with van der Waals surface area (Å²) in [5, 5.41) is 0. The molecule has 0 aliphatic carbocycles. The molecule has 3 aromatic rings. The number of rotatable bonds is 7. The van der Waals surface area contributed by atoms with Gasteiger partial charge in [0.05, 0.1) is 5.41 Å². The standard InChI is InChI=1S/C27H30N2O/c28-26(30)27(24-12-6-2-7-13-24,25-14-8-3-9-15-25)20-22-16-18-29(19-17-22)21-23-10-4-1-5-11-23/h1-15,22H,16-21H2,(H2,28,30). The maximum Gasteiger partial charge on any atom is 0.232 e. The Morgan fingerprint density at radius 3 is 1.73 bits per heavy atom. The number of piperidine rings is 1. The molecule has 2 N–H and O–H groups in total. The number of primary amides is 1. The first-order valence-electron chi connectivity index (χ1n) is 10.9. The molecule has 0 saturated carbocycles. The number of nitrogens with two attached hydrogens (primary N) is 1. The molecule has 30 heavy (non-hydrogen) atoms. The molecule has 1 amide bonds. The topological polar surface area (TPSA) is 46.3 Å². The lowest BCUT2D eigenvalue weighted by Crippen LogP contribution is -2.45. The zero-order valence-corrected chi connectivity index (χ0v) is 17.4. The molecule has 1 aliphatic heterocycles. The van der Waals surface area contributed by atoms with Crippen LogP contribution in [0.2, 0.25) is 0 Å². The fourth-order valence-electron chi connectivity index (χ4n) is 4.86. The summed E-state index contributed by atoms with van der Waals surface area (Å²) in [4.78, 5) is 15.5. The highest BCUT2D eigenvalue weighted by Crippen LogP contribution is 2.40. The Bertz CT molecular complexity index is 893. The number of carbonyl (C=O) groups is 1. The normalized spacial score (nSPS) is 15.7. The van der Waals surface area contributed by atoms with Crippen LogP contribution in [-0.2, 0) is 16.8 Å². The van der Waals surface area contributed by atoms with Gasteiger partial charge in [0.2, 0.25) is 5.91 Å². The van der Waals surface area contributed by atoms with E-state index in [4.69, 9.17) is 5.73 Å². The van der Waals surface area contributed by atoms with Crippen LogP contribution in [0.1, 0.15) is 36.0 Å². The molecule has 0 aromatic heterocycles. The maximum atomic E-state index is 13.0. The lowest BCUT2D eigenvalue weighted by atomic mass is 9.67. The first-order chi connectivity index (χ1) is 14.7. The van der Waals surface area contributed by atoms with Gasteiger partial charge in [-0.25, -0.2) is 0 Å². The van der Waals surface area contributed by atoms with Gasteiger partial charge in [-0.2, -0.15) is 0 Å². The maximum absolute atomic E-state index is 13.0. The summed E-state index contributed by atoms with van der Waals surface area (Å²) in [6, 6.07) is 30.8. The average Bonchev–Trinajstić information content (AvgIpc) is 2.80. The van der Waals surface area contributed by atoms with Crippen LogP contribution in [0, 0.1) is 5.92 Å². The summed E-state index contributed by atoms with van der Waals surface area (Å²) < 4.78 is 0. The molecule has 1 heterocycles. The Kier molecular flexibility index (Phi) is 6.29. The van der Waals surface area contributed by atoms with E-state index >= 15 is 0 Å². The van der Waals surface area contributed by atoms with E-state index in [1.807, 2.05) is 60.7 Å². The van der Waals surface area contributed by atoms with E-state index in [9.17, 15) is 4.79 Å². The number of benzene rings is 3. The molecule has 0 unspecified atom stereocenters. The van der Waals surface area contributed by atoms with E-state index in [0.717, 1.165) is 50.0 Å². The van der Waals surface area contributed by atoms with Crippen LogP contribution < -0.4 is 5.73 Å². The second kappa shape index (κ2) is 9.27. The van der Waals surface area contributed by atoms with Crippen LogP contribution in [0.3, 0.4) is 0 Å². The van der Waals surface area contributed by atoms with Gasteiger partial charge >= 0.3 is 0 Å². The molecule has 4 rings (SSSR count). The summed E-state index contributed by atoms with van der Waals surface area (Å²) in [6.45, 7) is 3.10. The molecule has 1 saturated heterocycles. The predicted molar refractivity (Wildman–Crippen MR) is 122 cm³/mol. The Morgan fingerprint density at radius 1 is 0.800 bits per heavy atom. The van der Waals surface area contributed by atoms with Crippen LogP contribution in [0.25, 0.3) is 0 Å². The van der Waals surface area contributed by atoms with Gasteiger partial charge in [0.25, 0.3) is 0 Å². The molecule has 0 atom stereocenters. The number of carbonyl (C=O) groups excluding carboxylic acids is 1. The van der Waals surface area contributed by atoms with Crippen LogP contribution in [0.15, 0.2) is 91.0 Å². The van der Waals surface area contributed by atoms with Gasteiger partial charge in [-0.15, -0.1) is 0 Å². The molecule has 0 bridgehead atoms. The fourth-order valence-corrected chi connectivity index (χ4v) is 4.86. The number of likely N-dealkylation sites (tertiary alicyclic amines) is 1. The lowest BCUT2D eigenvalue weighted by molar-refractivity contribution is -0.122. The van der Waals surface area contributed by atoms with Crippen molar-refractivity contribution in [1.29, 1.82) is 0 Å². The van der Waals surface area contributed by atoms with E-state index in [-0.39, 0.29) is 5.91 Å². The highest BCUT2D eigenvalue weighted by molar-refractivity contribution is 5.90. The van der Waals surface area contributed by atoms with Crippen molar-refractivity contribution < 1.29 is 4.79 Å². The first kappa shape index (κ1) is 20.4. The summed E-state index contributed by atoms with van der Waals surface area (Å²) in [5.74, 6) is 0.205. The second-order valence-corrected chi connectivity index (χ2v) is 8.41. The SMILES string of the molecule is NC(=O)C(CC1CCN(Cc2ccccc2)CC1)(c1ccccc1)c1ccccc1. The fraction of sp³-hybridized carbons (Fsp3) is 0.296. The van der Waals surface area contributed by atoms with E-state index in [1.165, 1.54) is 5.56 Å². The molecule has 1 aliphatic rings. The summed E-state index contributed by atoms with van der Waals surface area (Å²) in [5.41, 5.74) is 8.70. The first-order valence-corrected chi connectivity index (χ1v) is 10.9. The Morgan fingerprint density at radius 2 is 1.27 bits per heavy atom. The zero-order chi connectivity index (χ0) is 20.8. The second-order valence-electron chi connectivity index (χ2n) is 8.41. The zero-order valence-electron chi connectivity index (χ0n) is 17.4. The monoisotopic (exact) mass is 398 g/mol. The molecule has 3 nitrogen and oxygen atoms in total. The van der Waals surface area contributed by atoms with Crippen molar-refractivity contribution in [2.45, 2.75) is 31.2 Å². The molecular weight excluding hydrogens is 368 g/mol. The highest BCUT2D eigenvalue weighted by Gasteiger charge is 2.42. The van der Waals surface area contributed by atoms with Gasteiger partial charge in [-0.3, -0.25) is 9.69 Å². The molecular formula is C27H30N2O. The van der Waals surface area contributed by atoms with Crippen molar-refractivity contribution in [3.63, 3.8) is 0 Å².